The molecule has 0 bridgehead atoms. The summed E-state index contributed by atoms with van der Waals surface area (Å²) < 4.78 is 0. The molecule has 0 aliphatic rings. The average Bonchev–Trinajstić information content (AvgIpc) is 2.48. The van der Waals surface area contributed by atoms with Crippen LogP contribution in [0.5, 0.6) is 0 Å². The largest absolute Gasteiger partial charge is 0.478 e. The molecule has 98 valence electrons. The highest BCUT2D eigenvalue weighted by atomic mass is 16.4. The summed E-state index contributed by atoms with van der Waals surface area (Å²) in [6.45, 7) is 0. The molecule has 2 heterocycles. The zero-order valence-electron chi connectivity index (χ0n) is 10.4. The monoisotopic (exact) mass is 265 g/mol. The number of hydrogen-bond acceptors (Lipinski definition) is 4. The summed E-state index contributed by atoms with van der Waals surface area (Å²) in [4.78, 5) is 19.2. The molecule has 0 atom stereocenters. The molecule has 0 aliphatic carbocycles. The smallest absolute Gasteiger partial charge is 0.337 e. The quantitative estimate of drug-likeness (QED) is 0.761. The highest BCUT2D eigenvalue weighted by molar-refractivity contribution is 5.99. The first-order valence-electron chi connectivity index (χ1n) is 6.03. The molecule has 0 unspecified atom stereocenters. The molecule has 2 N–H and O–H groups in total. The molecule has 5 heteroatoms. The normalized spacial score (nSPS) is 10.4. The number of benzene rings is 1. The van der Waals surface area contributed by atoms with Crippen molar-refractivity contribution in [3.05, 3.63) is 60.7 Å². The molecule has 0 amide bonds. The van der Waals surface area contributed by atoms with Crippen molar-refractivity contribution in [1.29, 1.82) is 0 Å². The SMILES string of the molecule is O=C(O)c1ccncc1Nc1cccc2cnccc12. The Labute approximate surface area is 114 Å². The number of fused-ring (bicyclic) bond motifs is 1. The van der Waals surface area contributed by atoms with Gasteiger partial charge in [0.2, 0.25) is 0 Å². The van der Waals surface area contributed by atoms with Gasteiger partial charge in [-0.15, -0.1) is 0 Å². The highest BCUT2D eigenvalue weighted by Crippen LogP contribution is 2.26. The second kappa shape index (κ2) is 4.97. The van der Waals surface area contributed by atoms with Crippen LogP contribution in [0, 0.1) is 0 Å². The van der Waals surface area contributed by atoms with Gasteiger partial charge in [-0.3, -0.25) is 9.97 Å². The van der Waals surface area contributed by atoms with E-state index in [0.29, 0.717) is 5.69 Å². The lowest BCUT2D eigenvalue weighted by Crippen LogP contribution is -2.03. The first-order chi connectivity index (χ1) is 9.75. The number of rotatable bonds is 3. The van der Waals surface area contributed by atoms with Gasteiger partial charge >= 0.3 is 5.97 Å². The third kappa shape index (κ3) is 2.16. The van der Waals surface area contributed by atoms with Gasteiger partial charge in [-0.05, 0) is 18.2 Å². The third-order valence-corrected chi connectivity index (χ3v) is 3.00. The summed E-state index contributed by atoms with van der Waals surface area (Å²) in [5.74, 6) is -0.989. The van der Waals surface area contributed by atoms with Gasteiger partial charge in [0.15, 0.2) is 0 Å². The molecule has 5 nitrogen and oxygen atoms in total. The molecule has 0 fully saturated rings. The van der Waals surface area contributed by atoms with Gasteiger partial charge in [-0.25, -0.2) is 4.79 Å². The summed E-state index contributed by atoms with van der Waals surface area (Å²) >= 11 is 0. The minimum absolute atomic E-state index is 0.186. The topological polar surface area (TPSA) is 75.1 Å². The van der Waals surface area contributed by atoms with Gasteiger partial charge < -0.3 is 10.4 Å². The number of carboxylic acid groups (broad SMARTS) is 1. The first kappa shape index (κ1) is 12.1. The molecule has 1 aromatic carbocycles. The molecular weight excluding hydrogens is 254 g/mol. The predicted molar refractivity (Wildman–Crippen MR) is 76.2 cm³/mol. The minimum Gasteiger partial charge on any atom is -0.478 e. The maximum atomic E-state index is 11.2. The van der Waals surface area contributed by atoms with Gasteiger partial charge in [0.25, 0.3) is 0 Å². The lowest BCUT2D eigenvalue weighted by Gasteiger charge is -2.11. The Kier molecular flexibility index (Phi) is 3.01. The summed E-state index contributed by atoms with van der Waals surface area (Å²) in [6, 6.07) is 9.09. The predicted octanol–water partition coefficient (Wildman–Crippen LogP) is 3.07. The highest BCUT2D eigenvalue weighted by Gasteiger charge is 2.10. The van der Waals surface area contributed by atoms with Crippen molar-refractivity contribution in [1.82, 2.24) is 9.97 Å². The molecule has 0 radical (unpaired) electrons. The molecule has 20 heavy (non-hydrogen) atoms. The third-order valence-electron chi connectivity index (χ3n) is 3.00. The summed E-state index contributed by atoms with van der Waals surface area (Å²) in [6.07, 6.45) is 6.43. The Morgan fingerprint density at radius 3 is 2.65 bits per heavy atom. The van der Waals surface area contributed by atoms with Crippen molar-refractivity contribution in [2.75, 3.05) is 5.32 Å². The Morgan fingerprint density at radius 2 is 1.80 bits per heavy atom. The fourth-order valence-corrected chi connectivity index (χ4v) is 2.06. The van der Waals surface area contributed by atoms with E-state index in [1.54, 1.807) is 12.4 Å². The van der Waals surface area contributed by atoms with Gasteiger partial charge in [-0.1, -0.05) is 12.1 Å². The van der Waals surface area contributed by atoms with Gasteiger partial charge in [-0.2, -0.15) is 0 Å². The van der Waals surface area contributed by atoms with Crippen LogP contribution in [-0.2, 0) is 0 Å². The van der Waals surface area contributed by atoms with Crippen molar-refractivity contribution in [2.24, 2.45) is 0 Å². The van der Waals surface area contributed by atoms with Crippen molar-refractivity contribution >= 4 is 28.1 Å². The lowest BCUT2D eigenvalue weighted by molar-refractivity contribution is 0.0698. The number of carboxylic acids is 1. The maximum Gasteiger partial charge on any atom is 0.337 e. The number of pyridine rings is 2. The van der Waals surface area contributed by atoms with Crippen molar-refractivity contribution in [2.45, 2.75) is 0 Å². The fourth-order valence-electron chi connectivity index (χ4n) is 2.06. The number of aromatic carboxylic acids is 1. The molecule has 0 saturated carbocycles. The number of nitrogens with one attached hydrogen (secondary N) is 1. The van der Waals surface area contributed by atoms with Crippen LogP contribution >= 0.6 is 0 Å². The molecule has 0 saturated heterocycles. The molecule has 3 rings (SSSR count). The zero-order chi connectivity index (χ0) is 13.9. The van der Waals surface area contributed by atoms with Crippen LogP contribution < -0.4 is 5.32 Å². The van der Waals surface area contributed by atoms with E-state index in [4.69, 9.17) is 0 Å². The van der Waals surface area contributed by atoms with Crippen LogP contribution in [0.1, 0.15) is 10.4 Å². The second-order valence-corrected chi connectivity index (χ2v) is 4.25. The van der Waals surface area contributed by atoms with Crippen LogP contribution in [0.25, 0.3) is 10.8 Å². The van der Waals surface area contributed by atoms with E-state index in [9.17, 15) is 9.90 Å². The van der Waals surface area contributed by atoms with Crippen LogP contribution in [0.2, 0.25) is 0 Å². The van der Waals surface area contributed by atoms with Gasteiger partial charge in [0.05, 0.1) is 17.4 Å². The van der Waals surface area contributed by atoms with Crippen LogP contribution in [0.3, 0.4) is 0 Å². The molecular formula is C15H11N3O2. The van der Waals surface area contributed by atoms with E-state index < -0.39 is 5.97 Å². The van der Waals surface area contributed by atoms with Crippen LogP contribution in [0.15, 0.2) is 55.1 Å². The molecule has 2 aromatic heterocycles. The van der Waals surface area contributed by atoms with E-state index in [1.165, 1.54) is 18.5 Å². The first-order valence-corrected chi connectivity index (χ1v) is 6.03. The minimum atomic E-state index is -0.989. The Hall–Kier alpha value is -2.95. The van der Waals surface area contributed by atoms with Crippen molar-refractivity contribution in [3.8, 4) is 0 Å². The second-order valence-electron chi connectivity index (χ2n) is 4.25. The summed E-state index contributed by atoms with van der Waals surface area (Å²) in [5, 5.41) is 14.3. The van der Waals surface area contributed by atoms with E-state index in [2.05, 4.69) is 15.3 Å². The summed E-state index contributed by atoms with van der Waals surface area (Å²) in [5.41, 5.74) is 1.47. The Balaban J connectivity index is 2.08. The number of anilines is 2. The van der Waals surface area contributed by atoms with Gasteiger partial charge in [0.1, 0.15) is 0 Å². The van der Waals surface area contributed by atoms with E-state index in [1.807, 2.05) is 24.3 Å². The maximum absolute atomic E-state index is 11.2. The van der Waals surface area contributed by atoms with Gasteiger partial charge in [0, 0.05) is 35.1 Å². The van der Waals surface area contributed by atoms with E-state index >= 15 is 0 Å². The lowest BCUT2D eigenvalue weighted by atomic mass is 10.1. The molecule has 3 aromatic rings. The Morgan fingerprint density at radius 1 is 1.00 bits per heavy atom. The standard InChI is InChI=1S/C15H11N3O2/c19-15(20)12-5-7-17-9-14(12)18-13-3-1-2-10-8-16-6-4-11(10)13/h1-9,18H,(H,19,20). The van der Waals surface area contributed by atoms with E-state index in [-0.39, 0.29) is 5.56 Å². The molecule has 0 aliphatic heterocycles. The zero-order valence-corrected chi connectivity index (χ0v) is 10.4. The summed E-state index contributed by atoms with van der Waals surface area (Å²) in [7, 11) is 0. The Bertz CT molecular complexity index is 781. The van der Waals surface area contributed by atoms with Crippen molar-refractivity contribution in [3.63, 3.8) is 0 Å². The van der Waals surface area contributed by atoms with Crippen LogP contribution in [-0.4, -0.2) is 21.0 Å². The van der Waals surface area contributed by atoms with Crippen molar-refractivity contribution < 1.29 is 9.90 Å². The fraction of sp³-hybridized carbons (Fsp3) is 0. The average molecular weight is 265 g/mol. The van der Waals surface area contributed by atoms with E-state index in [0.717, 1.165) is 16.5 Å². The number of carbonyl (C=O) groups is 1. The number of aromatic nitrogens is 2. The molecule has 0 spiro atoms. The van der Waals surface area contributed by atoms with Crippen LogP contribution in [0.4, 0.5) is 11.4 Å². The number of hydrogen-bond donors (Lipinski definition) is 2. The number of nitrogens with zero attached hydrogens (tertiary/aromatic N) is 2.